The van der Waals surface area contributed by atoms with Crippen LogP contribution < -0.4 is 15.0 Å². The summed E-state index contributed by atoms with van der Waals surface area (Å²) >= 11 is 0. The van der Waals surface area contributed by atoms with Gasteiger partial charge in [0.15, 0.2) is 12.6 Å². The number of amides is 2. The van der Waals surface area contributed by atoms with Crippen LogP contribution >= 0.6 is 0 Å². The Labute approximate surface area is 178 Å². The number of para-hydroxylation sites is 1. The van der Waals surface area contributed by atoms with Gasteiger partial charge in [0.2, 0.25) is 0 Å². The Balaban J connectivity index is 1.45. The standard InChI is InChI=1S/C24H31N3O3/c1-4-20-9-5-6-11-22(20)25-23(28)17-26-12-14-27(15-13-26)24(29)19(3)30-21-10-7-8-18(2)16-21/h5-11,16,19H,4,12-15,17H2,1-3H3,(H,25,28)/p+1/t19-/m1/s1. The van der Waals surface area contributed by atoms with Crippen LogP contribution in [-0.4, -0.2) is 55.5 Å². The molecule has 1 atom stereocenters. The summed E-state index contributed by atoms with van der Waals surface area (Å²) < 4.78 is 5.83. The van der Waals surface area contributed by atoms with Crippen molar-refractivity contribution in [3.05, 3.63) is 59.7 Å². The molecule has 0 radical (unpaired) electrons. The molecular formula is C24H32N3O3+. The largest absolute Gasteiger partial charge is 0.481 e. The van der Waals surface area contributed by atoms with Crippen LogP contribution in [0.25, 0.3) is 0 Å². The zero-order chi connectivity index (χ0) is 21.5. The van der Waals surface area contributed by atoms with Crippen LogP contribution in [0.5, 0.6) is 5.75 Å². The van der Waals surface area contributed by atoms with Crippen molar-refractivity contribution in [1.82, 2.24) is 4.90 Å². The summed E-state index contributed by atoms with van der Waals surface area (Å²) in [6, 6.07) is 15.6. The van der Waals surface area contributed by atoms with E-state index in [9.17, 15) is 9.59 Å². The number of piperazine rings is 1. The molecule has 1 saturated heterocycles. The van der Waals surface area contributed by atoms with Gasteiger partial charge in [0.05, 0.1) is 26.2 Å². The third kappa shape index (κ3) is 5.83. The molecule has 0 saturated carbocycles. The number of nitrogens with one attached hydrogen (secondary N) is 2. The van der Waals surface area contributed by atoms with Gasteiger partial charge in [-0.1, -0.05) is 37.3 Å². The van der Waals surface area contributed by atoms with Crippen LogP contribution in [-0.2, 0) is 16.0 Å². The van der Waals surface area contributed by atoms with Crippen molar-refractivity contribution in [3.8, 4) is 5.75 Å². The molecule has 0 spiro atoms. The van der Waals surface area contributed by atoms with Gasteiger partial charge in [0, 0.05) is 5.69 Å². The third-order valence-corrected chi connectivity index (χ3v) is 5.52. The van der Waals surface area contributed by atoms with Crippen molar-refractivity contribution in [2.24, 2.45) is 0 Å². The summed E-state index contributed by atoms with van der Waals surface area (Å²) in [7, 11) is 0. The number of carbonyl (C=O) groups is 2. The monoisotopic (exact) mass is 410 g/mol. The molecular weight excluding hydrogens is 378 g/mol. The molecule has 0 bridgehead atoms. The molecule has 0 aliphatic carbocycles. The van der Waals surface area contributed by atoms with Gasteiger partial charge in [-0.2, -0.15) is 0 Å². The predicted molar refractivity (Wildman–Crippen MR) is 118 cm³/mol. The lowest BCUT2D eigenvalue weighted by atomic mass is 10.1. The first-order valence-corrected chi connectivity index (χ1v) is 10.7. The summed E-state index contributed by atoms with van der Waals surface area (Å²) in [6.07, 6.45) is 0.356. The summed E-state index contributed by atoms with van der Waals surface area (Å²) in [5, 5.41) is 3.03. The molecule has 160 valence electrons. The fraction of sp³-hybridized carbons (Fsp3) is 0.417. The lowest BCUT2D eigenvalue weighted by Gasteiger charge is -2.33. The lowest BCUT2D eigenvalue weighted by molar-refractivity contribution is -0.895. The van der Waals surface area contributed by atoms with Crippen molar-refractivity contribution in [1.29, 1.82) is 0 Å². The number of nitrogens with zero attached hydrogens (tertiary/aromatic N) is 1. The molecule has 2 N–H and O–H groups in total. The van der Waals surface area contributed by atoms with Gasteiger partial charge in [-0.15, -0.1) is 0 Å². The molecule has 1 aliphatic heterocycles. The first kappa shape index (κ1) is 21.8. The SMILES string of the molecule is CCc1ccccc1NC(=O)C[NH+]1CCN(C(=O)[C@@H](C)Oc2cccc(C)c2)CC1. The Morgan fingerprint density at radius 1 is 1.13 bits per heavy atom. The quantitative estimate of drug-likeness (QED) is 0.730. The number of anilines is 1. The average Bonchev–Trinajstić information content (AvgIpc) is 2.74. The van der Waals surface area contributed by atoms with E-state index in [0.29, 0.717) is 25.4 Å². The maximum atomic E-state index is 12.7. The molecule has 2 amide bonds. The van der Waals surface area contributed by atoms with Crippen LogP contribution in [0.3, 0.4) is 0 Å². The Bertz CT molecular complexity index is 876. The van der Waals surface area contributed by atoms with Gasteiger partial charge >= 0.3 is 0 Å². The molecule has 30 heavy (non-hydrogen) atoms. The van der Waals surface area contributed by atoms with Crippen molar-refractivity contribution in [2.75, 3.05) is 38.0 Å². The van der Waals surface area contributed by atoms with Crippen molar-refractivity contribution in [3.63, 3.8) is 0 Å². The molecule has 1 heterocycles. The van der Waals surface area contributed by atoms with Crippen LogP contribution in [0, 0.1) is 6.92 Å². The molecule has 0 aromatic heterocycles. The van der Waals surface area contributed by atoms with Gasteiger partial charge in [-0.25, -0.2) is 0 Å². The Hall–Kier alpha value is -2.86. The highest BCUT2D eigenvalue weighted by molar-refractivity contribution is 5.92. The topological polar surface area (TPSA) is 63.1 Å². The first-order chi connectivity index (χ1) is 14.5. The summed E-state index contributed by atoms with van der Waals surface area (Å²) in [6.45, 7) is 9.06. The lowest BCUT2D eigenvalue weighted by Crippen LogP contribution is -3.15. The molecule has 2 aromatic carbocycles. The number of quaternary nitrogens is 1. The number of aryl methyl sites for hydroxylation is 2. The number of ether oxygens (including phenoxy) is 1. The van der Waals surface area contributed by atoms with Crippen LogP contribution in [0.2, 0.25) is 0 Å². The molecule has 3 rings (SSSR count). The number of rotatable bonds is 7. The van der Waals surface area contributed by atoms with Crippen molar-refractivity contribution >= 4 is 17.5 Å². The van der Waals surface area contributed by atoms with Gasteiger partial charge in [-0.3, -0.25) is 9.59 Å². The fourth-order valence-electron chi connectivity index (χ4n) is 3.79. The zero-order valence-electron chi connectivity index (χ0n) is 18.1. The van der Waals surface area contributed by atoms with E-state index in [2.05, 4.69) is 12.2 Å². The van der Waals surface area contributed by atoms with E-state index < -0.39 is 6.10 Å². The van der Waals surface area contributed by atoms with E-state index in [0.717, 1.165) is 36.3 Å². The highest BCUT2D eigenvalue weighted by atomic mass is 16.5. The normalized spacial score (nSPS) is 15.5. The van der Waals surface area contributed by atoms with E-state index in [4.69, 9.17) is 4.74 Å². The Kier molecular flexibility index (Phi) is 7.46. The maximum absolute atomic E-state index is 12.7. The van der Waals surface area contributed by atoms with Crippen molar-refractivity contribution in [2.45, 2.75) is 33.3 Å². The van der Waals surface area contributed by atoms with E-state index >= 15 is 0 Å². The fourth-order valence-corrected chi connectivity index (χ4v) is 3.79. The minimum absolute atomic E-state index is 0.00289. The Morgan fingerprint density at radius 3 is 2.57 bits per heavy atom. The number of benzene rings is 2. The summed E-state index contributed by atoms with van der Waals surface area (Å²) in [5.41, 5.74) is 3.13. The predicted octanol–water partition coefficient (Wildman–Crippen LogP) is 1.69. The molecule has 1 aliphatic rings. The van der Waals surface area contributed by atoms with Crippen molar-refractivity contribution < 1.29 is 19.2 Å². The van der Waals surface area contributed by atoms with Gasteiger partial charge in [0.25, 0.3) is 11.8 Å². The smallest absolute Gasteiger partial charge is 0.279 e. The van der Waals surface area contributed by atoms with Crippen LogP contribution in [0.4, 0.5) is 5.69 Å². The number of hydrogen-bond donors (Lipinski definition) is 2. The van der Waals surface area contributed by atoms with Gasteiger partial charge < -0.3 is 19.9 Å². The van der Waals surface area contributed by atoms with Gasteiger partial charge in [-0.05, 0) is 49.6 Å². The average molecular weight is 411 g/mol. The second-order valence-corrected chi connectivity index (χ2v) is 7.89. The highest BCUT2D eigenvalue weighted by Gasteiger charge is 2.28. The molecule has 1 fully saturated rings. The van der Waals surface area contributed by atoms with E-state index in [-0.39, 0.29) is 11.8 Å². The number of hydrogen-bond acceptors (Lipinski definition) is 3. The van der Waals surface area contributed by atoms with E-state index in [1.165, 1.54) is 4.90 Å². The highest BCUT2D eigenvalue weighted by Crippen LogP contribution is 2.16. The zero-order valence-corrected chi connectivity index (χ0v) is 18.1. The molecule has 6 nitrogen and oxygen atoms in total. The molecule has 6 heteroatoms. The van der Waals surface area contributed by atoms with E-state index in [1.807, 2.05) is 60.4 Å². The minimum atomic E-state index is -0.526. The molecule has 2 aromatic rings. The summed E-state index contributed by atoms with van der Waals surface area (Å²) in [4.78, 5) is 28.2. The van der Waals surface area contributed by atoms with E-state index in [1.54, 1.807) is 6.92 Å². The second kappa shape index (κ2) is 10.3. The van der Waals surface area contributed by atoms with Crippen LogP contribution in [0.15, 0.2) is 48.5 Å². The Morgan fingerprint density at radius 2 is 1.87 bits per heavy atom. The summed E-state index contributed by atoms with van der Waals surface area (Å²) in [5.74, 6) is 0.725. The van der Waals surface area contributed by atoms with Gasteiger partial charge in [0.1, 0.15) is 5.75 Å². The second-order valence-electron chi connectivity index (χ2n) is 7.89. The first-order valence-electron chi connectivity index (χ1n) is 10.7. The third-order valence-electron chi connectivity index (χ3n) is 5.52. The number of carbonyl (C=O) groups excluding carboxylic acids is 2. The minimum Gasteiger partial charge on any atom is -0.481 e. The molecule has 0 unspecified atom stereocenters. The van der Waals surface area contributed by atoms with Crippen LogP contribution in [0.1, 0.15) is 25.0 Å². The maximum Gasteiger partial charge on any atom is 0.279 e.